The van der Waals surface area contributed by atoms with Crippen LogP contribution in [0.1, 0.15) is 11.3 Å². The van der Waals surface area contributed by atoms with E-state index in [9.17, 15) is 0 Å². The summed E-state index contributed by atoms with van der Waals surface area (Å²) < 4.78 is 0. The predicted octanol–water partition coefficient (Wildman–Crippen LogP) is 2.59. The number of aryl methyl sites for hydroxylation is 1. The summed E-state index contributed by atoms with van der Waals surface area (Å²) in [6.45, 7) is 2.00. The zero-order valence-electron chi connectivity index (χ0n) is 8.36. The van der Waals surface area contributed by atoms with Gasteiger partial charge in [-0.2, -0.15) is 0 Å². The van der Waals surface area contributed by atoms with Gasteiger partial charge in [0.25, 0.3) is 0 Å². The molecule has 2 nitrogen and oxygen atoms in total. The summed E-state index contributed by atoms with van der Waals surface area (Å²) in [7, 11) is 1.78. The van der Waals surface area contributed by atoms with E-state index in [0.29, 0.717) is 0 Å². The van der Waals surface area contributed by atoms with Crippen molar-refractivity contribution in [3.8, 4) is 0 Å². The Bertz CT molecular complexity index is 487. The van der Waals surface area contributed by atoms with E-state index < -0.39 is 0 Å². The van der Waals surface area contributed by atoms with E-state index >= 15 is 0 Å². The molecule has 0 unspecified atom stereocenters. The van der Waals surface area contributed by atoms with Crippen molar-refractivity contribution in [2.45, 2.75) is 6.92 Å². The van der Waals surface area contributed by atoms with Gasteiger partial charge in [-0.25, -0.2) is 0 Å². The van der Waals surface area contributed by atoms with Gasteiger partial charge in [0, 0.05) is 29.9 Å². The van der Waals surface area contributed by atoms with Crippen LogP contribution in [0.4, 0.5) is 0 Å². The van der Waals surface area contributed by atoms with Crippen LogP contribution in [0.3, 0.4) is 0 Å². The second kappa shape index (κ2) is 3.58. The number of hydrogen-bond acceptors (Lipinski definition) is 2. The number of para-hydroxylation sites is 1. The molecule has 0 spiro atoms. The third-order valence-corrected chi connectivity index (χ3v) is 2.14. The van der Waals surface area contributed by atoms with Crippen molar-refractivity contribution in [3.05, 3.63) is 41.6 Å². The Morgan fingerprint density at radius 3 is 2.86 bits per heavy atom. The quantitative estimate of drug-likeness (QED) is 0.625. The van der Waals surface area contributed by atoms with E-state index in [1.54, 1.807) is 7.05 Å². The molecule has 2 rings (SSSR count). The molecule has 0 saturated carbocycles. The van der Waals surface area contributed by atoms with Crippen LogP contribution in [0.2, 0.25) is 0 Å². The molecule has 0 bridgehead atoms. The first-order valence-corrected chi connectivity index (χ1v) is 4.60. The minimum Gasteiger partial charge on any atom is -0.296 e. The fourth-order valence-electron chi connectivity index (χ4n) is 1.59. The largest absolute Gasteiger partial charge is 0.296 e. The lowest BCUT2D eigenvalue weighted by atomic mass is 10.1. The van der Waals surface area contributed by atoms with Crippen molar-refractivity contribution in [1.29, 1.82) is 0 Å². The van der Waals surface area contributed by atoms with Crippen molar-refractivity contribution < 1.29 is 0 Å². The number of pyridine rings is 1. The molecule has 0 N–H and O–H groups in total. The van der Waals surface area contributed by atoms with Crippen LogP contribution in [-0.4, -0.2) is 18.2 Å². The number of hydrogen-bond donors (Lipinski definition) is 0. The second-order valence-electron chi connectivity index (χ2n) is 3.26. The molecule has 0 fully saturated rings. The van der Waals surface area contributed by atoms with Crippen LogP contribution in [0.15, 0.2) is 35.3 Å². The van der Waals surface area contributed by atoms with E-state index in [1.165, 1.54) is 0 Å². The summed E-state index contributed by atoms with van der Waals surface area (Å²) >= 11 is 0. The first-order chi connectivity index (χ1) is 6.81. The molecule has 1 heterocycles. The van der Waals surface area contributed by atoms with Crippen molar-refractivity contribution in [1.82, 2.24) is 4.98 Å². The smallest absolute Gasteiger partial charge is 0.0711 e. The van der Waals surface area contributed by atoms with Crippen LogP contribution in [0.25, 0.3) is 10.9 Å². The van der Waals surface area contributed by atoms with Gasteiger partial charge in [0.05, 0.1) is 5.52 Å². The van der Waals surface area contributed by atoms with Crippen molar-refractivity contribution in [3.63, 3.8) is 0 Å². The molecule has 0 amide bonds. The monoisotopic (exact) mass is 184 g/mol. The Hall–Kier alpha value is -1.70. The van der Waals surface area contributed by atoms with E-state index in [2.05, 4.69) is 22.1 Å². The molecule has 0 aliphatic heterocycles. The Balaban J connectivity index is 2.79. The Kier molecular flexibility index (Phi) is 2.27. The zero-order valence-corrected chi connectivity index (χ0v) is 8.36. The Labute approximate surface area is 83.3 Å². The summed E-state index contributed by atoms with van der Waals surface area (Å²) in [5.74, 6) is 0. The van der Waals surface area contributed by atoms with Crippen molar-refractivity contribution in [2.24, 2.45) is 4.99 Å². The maximum Gasteiger partial charge on any atom is 0.0711 e. The van der Waals surface area contributed by atoms with Gasteiger partial charge in [0.2, 0.25) is 0 Å². The van der Waals surface area contributed by atoms with E-state index in [0.717, 1.165) is 22.2 Å². The van der Waals surface area contributed by atoms with Crippen molar-refractivity contribution >= 4 is 17.1 Å². The number of aromatic nitrogens is 1. The molecule has 0 saturated heterocycles. The molecule has 0 aliphatic carbocycles. The van der Waals surface area contributed by atoms with Gasteiger partial charge in [-0.15, -0.1) is 0 Å². The van der Waals surface area contributed by atoms with Gasteiger partial charge in [-0.3, -0.25) is 9.98 Å². The fraction of sp³-hybridized carbons (Fsp3) is 0.167. The highest BCUT2D eigenvalue weighted by Crippen LogP contribution is 2.16. The van der Waals surface area contributed by atoms with Crippen molar-refractivity contribution in [2.75, 3.05) is 7.05 Å². The first kappa shape index (κ1) is 8.88. The first-order valence-electron chi connectivity index (χ1n) is 4.60. The van der Waals surface area contributed by atoms with Crippen LogP contribution in [0.5, 0.6) is 0 Å². The molecule has 1 aromatic carbocycles. The molecule has 0 atom stereocenters. The van der Waals surface area contributed by atoms with Crippen LogP contribution < -0.4 is 0 Å². The zero-order chi connectivity index (χ0) is 9.97. The average molecular weight is 184 g/mol. The summed E-state index contributed by atoms with van der Waals surface area (Å²) in [6.07, 6.45) is 1.87. The lowest BCUT2D eigenvalue weighted by Crippen LogP contribution is -1.90. The highest BCUT2D eigenvalue weighted by molar-refractivity contribution is 5.98. The van der Waals surface area contributed by atoms with E-state index in [1.807, 2.05) is 31.3 Å². The predicted molar refractivity (Wildman–Crippen MR) is 60.0 cm³/mol. The highest BCUT2D eigenvalue weighted by Gasteiger charge is 2.00. The lowest BCUT2D eigenvalue weighted by molar-refractivity contribution is 1.25. The van der Waals surface area contributed by atoms with Crippen LogP contribution in [0, 0.1) is 6.92 Å². The number of fused-ring (bicyclic) bond motifs is 1. The third-order valence-electron chi connectivity index (χ3n) is 2.14. The number of aliphatic imine (C=N–C) groups is 1. The molecule has 1 aromatic heterocycles. The minimum absolute atomic E-state index is 1.03. The maximum atomic E-state index is 4.46. The Morgan fingerprint density at radius 1 is 1.29 bits per heavy atom. The Morgan fingerprint density at radius 2 is 2.07 bits per heavy atom. The average Bonchev–Trinajstić information content (AvgIpc) is 2.18. The maximum absolute atomic E-state index is 4.46. The number of rotatable bonds is 1. The third kappa shape index (κ3) is 1.51. The SMILES string of the molecule is CN=Cc1cc(C)nc2ccccc12. The molecule has 0 radical (unpaired) electrons. The van der Waals surface area contributed by atoms with Gasteiger partial charge in [-0.05, 0) is 19.1 Å². The molecule has 2 heteroatoms. The summed E-state index contributed by atoms with van der Waals surface area (Å²) in [5, 5.41) is 1.16. The van der Waals surface area contributed by atoms with Gasteiger partial charge in [-0.1, -0.05) is 18.2 Å². The van der Waals surface area contributed by atoms with Crippen LogP contribution in [-0.2, 0) is 0 Å². The van der Waals surface area contributed by atoms with E-state index in [-0.39, 0.29) is 0 Å². The van der Waals surface area contributed by atoms with Gasteiger partial charge in [0.15, 0.2) is 0 Å². The van der Waals surface area contributed by atoms with Gasteiger partial charge in [0.1, 0.15) is 0 Å². The van der Waals surface area contributed by atoms with Gasteiger partial charge < -0.3 is 0 Å². The number of benzene rings is 1. The minimum atomic E-state index is 1.03. The molecule has 2 aromatic rings. The highest BCUT2D eigenvalue weighted by atomic mass is 14.7. The van der Waals surface area contributed by atoms with Crippen LogP contribution >= 0.6 is 0 Å². The normalized spacial score (nSPS) is 11.3. The van der Waals surface area contributed by atoms with E-state index in [4.69, 9.17) is 0 Å². The molecule has 14 heavy (non-hydrogen) atoms. The molecule has 0 aliphatic rings. The van der Waals surface area contributed by atoms with Gasteiger partial charge >= 0.3 is 0 Å². The molecular formula is C12H12N2. The summed E-state index contributed by atoms with van der Waals surface area (Å²) in [6, 6.07) is 10.2. The fourth-order valence-corrected chi connectivity index (χ4v) is 1.59. The summed E-state index contributed by atoms with van der Waals surface area (Å²) in [4.78, 5) is 8.50. The molecular weight excluding hydrogens is 172 g/mol. The topological polar surface area (TPSA) is 25.2 Å². The summed E-state index contributed by atoms with van der Waals surface area (Å²) in [5.41, 5.74) is 3.19. The second-order valence-corrected chi connectivity index (χ2v) is 3.26. The lowest BCUT2D eigenvalue weighted by Gasteiger charge is -2.02. The standard InChI is InChI=1S/C12H12N2/c1-9-7-10(8-13-2)11-5-3-4-6-12(11)14-9/h3-8H,1-2H3. The number of nitrogens with zero attached hydrogens (tertiary/aromatic N) is 2. The molecule has 70 valence electrons.